The van der Waals surface area contributed by atoms with Gasteiger partial charge in [-0.2, -0.15) is 0 Å². The first-order chi connectivity index (χ1) is 12.2. The number of H-pyrrole nitrogens is 1. The van der Waals surface area contributed by atoms with Crippen molar-refractivity contribution in [2.24, 2.45) is 0 Å². The van der Waals surface area contributed by atoms with E-state index in [1.807, 2.05) is 18.2 Å². The van der Waals surface area contributed by atoms with E-state index in [2.05, 4.69) is 20.2 Å². The Balaban J connectivity index is 1.47. The van der Waals surface area contributed by atoms with Crippen LogP contribution in [0.2, 0.25) is 0 Å². The van der Waals surface area contributed by atoms with Crippen LogP contribution in [0.1, 0.15) is 40.9 Å². The number of pyridine rings is 2. The van der Waals surface area contributed by atoms with Crippen LogP contribution in [-0.2, 0) is 12.8 Å². The average molecular weight is 338 g/mol. The second-order valence-electron chi connectivity index (χ2n) is 6.82. The van der Waals surface area contributed by atoms with Gasteiger partial charge >= 0.3 is 0 Å². The summed E-state index contributed by atoms with van der Waals surface area (Å²) in [4.78, 5) is 34.3. The smallest absolute Gasteiger partial charge is 0.261 e. The maximum Gasteiger partial charge on any atom is 0.261 e. The molecule has 2 aromatic heterocycles. The maximum absolute atomic E-state index is 12.6. The first-order valence-electron chi connectivity index (χ1n) is 8.92. The normalized spacial score (nSPS) is 19.5. The van der Waals surface area contributed by atoms with Crippen LogP contribution in [0.15, 0.2) is 35.3 Å². The van der Waals surface area contributed by atoms with Crippen molar-refractivity contribution in [3.8, 4) is 0 Å². The second-order valence-corrected chi connectivity index (χ2v) is 6.82. The third kappa shape index (κ3) is 3.29. The number of rotatable bonds is 3. The molecule has 0 radical (unpaired) electrons. The Morgan fingerprint density at radius 2 is 2.20 bits per heavy atom. The third-order valence-electron chi connectivity index (χ3n) is 5.06. The first-order valence-corrected chi connectivity index (χ1v) is 8.92. The number of hydrogen-bond donors (Lipinski definition) is 2. The molecule has 0 saturated carbocycles. The van der Waals surface area contributed by atoms with Crippen LogP contribution in [0.3, 0.4) is 0 Å². The number of aromatic nitrogens is 2. The number of hydrogen-bond acceptors (Lipinski definition) is 4. The molecule has 1 atom stereocenters. The van der Waals surface area contributed by atoms with Gasteiger partial charge in [-0.25, -0.2) is 4.98 Å². The number of piperidine rings is 1. The van der Waals surface area contributed by atoms with Crippen LogP contribution in [0.4, 0.5) is 5.82 Å². The van der Waals surface area contributed by atoms with Crippen LogP contribution in [0, 0.1) is 0 Å². The van der Waals surface area contributed by atoms with E-state index in [1.165, 1.54) is 0 Å². The molecule has 130 valence electrons. The molecule has 0 bridgehead atoms. The van der Waals surface area contributed by atoms with Crippen molar-refractivity contribution in [2.45, 2.75) is 38.1 Å². The van der Waals surface area contributed by atoms with E-state index in [-0.39, 0.29) is 23.1 Å². The van der Waals surface area contributed by atoms with Crippen LogP contribution in [0.25, 0.3) is 0 Å². The SMILES string of the molecule is O=C(N[C@H]1CCCN(c2ccccn2)C1)c1cc2c([nH]c1=O)CCC2. The number of carbonyl (C=O) groups excluding carboxylic acids is 1. The lowest BCUT2D eigenvalue weighted by Gasteiger charge is -2.33. The number of anilines is 1. The van der Waals surface area contributed by atoms with E-state index in [4.69, 9.17) is 0 Å². The van der Waals surface area contributed by atoms with Gasteiger partial charge in [-0.1, -0.05) is 6.07 Å². The van der Waals surface area contributed by atoms with Crippen LogP contribution < -0.4 is 15.8 Å². The summed E-state index contributed by atoms with van der Waals surface area (Å²) in [6.45, 7) is 1.65. The van der Waals surface area contributed by atoms with Crippen molar-refractivity contribution >= 4 is 11.7 Å². The van der Waals surface area contributed by atoms with Gasteiger partial charge in [0.15, 0.2) is 0 Å². The standard InChI is InChI=1S/C19H22N4O2/c24-18(15-11-13-5-3-7-16(13)22-19(15)25)21-14-6-4-10-23(12-14)17-8-1-2-9-20-17/h1-2,8-9,11,14H,3-7,10,12H2,(H,21,24)(H,22,25)/t14-/m0/s1. The predicted octanol–water partition coefficient (Wildman–Crippen LogP) is 1.66. The molecule has 0 spiro atoms. The Labute approximate surface area is 146 Å². The summed E-state index contributed by atoms with van der Waals surface area (Å²) in [6.07, 6.45) is 6.55. The van der Waals surface area contributed by atoms with E-state index >= 15 is 0 Å². The van der Waals surface area contributed by atoms with Crippen molar-refractivity contribution in [3.63, 3.8) is 0 Å². The fourth-order valence-electron chi connectivity index (χ4n) is 3.79. The lowest BCUT2D eigenvalue weighted by molar-refractivity contribution is 0.0931. The molecule has 2 aromatic rings. The highest BCUT2D eigenvalue weighted by molar-refractivity contribution is 5.94. The van der Waals surface area contributed by atoms with Crippen LogP contribution >= 0.6 is 0 Å². The second kappa shape index (κ2) is 6.70. The number of carbonyl (C=O) groups is 1. The number of amides is 1. The molecular weight excluding hydrogens is 316 g/mol. The molecule has 0 unspecified atom stereocenters. The lowest BCUT2D eigenvalue weighted by atomic mass is 10.0. The largest absolute Gasteiger partial charge is 0.355 e. The summed E-state index contributed by atoms with van der Waals surface area (Å²) in [7, 11) is 0. The topological polar surface area (TPSA) is 78.1 Å². The highest BCUT2D eigenvalue weighted by Crippen LogP contribution is 2.20. The van der Waals surface area contributed by atoms with E-state index in [9.17, 15) is 9.59 Å². The Morgan fingerprint density at radius 3 is 3.04 bits per heavy atom. The van der Waals surface area contributed by atoms with Gasteiger partial charge in [-0.15, -0.1) is 0 Å². The lowest BCUT2D eigenvalue weighted by Crippen LogP contribution is -2.48. The zero-order valence-corrected chi connectivity index (χ0v) is 14.1. The molecule has 6 nitrogen and oxygen atoms in total. The molecule has 1 aliphatic carbocycles. The summed E-state index contributed by atoms with van der Waals surface area (Å²) < 4.78 is 0. The summed E-state index contributed by atoms with van der Waals surface area (Å²) in [6, 6.07) is 7.64. The first kappa shape index (κ1) is 15.9. The maximum atomic E-state index is 12.6. The number of aryl methyl sites for hydroxylation is 2. The van der Waals surface area contributed by atoms with Crippen molar-refractivity contribution < 1.29 is 4.79 Å². The van der Waals surface area contributed by atoms with Gasteiger partial charge in [-0.05, 0) is 55.9 Å². The summed E-state index contributed by atoms with van der Waals surface area (Å²) in [5.74, 6) is 0.653. The van der Waals surface area contributed by atoms with E-state index in [0.717, 1.165) is 55.7 Å². The van der Waals surface area contributed by atoms with Gasteiger partial charge in [0.2, 0.25) is 0 Å². The van der Waals surface area contributed by atoms with Crippen LogP contribution in [0.5, 0.6) is 0 Å². The molecule has 4 rings (SSSR count). The van der Waals surface area contributed by atoms with Gasteiger partial charge in [-0.3, -0.25) is 9.59 Å². The minimum absolute atomic E-state index is 0.0240. The summed E-state index contributed by atoms with van der Waals surface area (Å²) in [5.41, 5.74) is 2.04. The zero-order valence-electron chi connectivity index (χ0n) is 14.1. The van der Waals surface area contributed by atoms with Crippen LogP contribution in [-0.4, -0.2) is 35.0 Å². The highest BCUT2D eigenvalue weighted by atomic mass is 16.2. The molecule has 1 fully saturated rings. The third-order valence-corrected chi connectivity index (χ3v) is 5.06. The van der Waals surface area contributed by atoms with Crippen molar-refractivity contribution in [3.05, 3.63) is 57.6 Å². The minimum Gasteiger partial charge on any atom is -0.355 e. The van der Waals surface area contributed by atoms with Gasteiger partial charge in [0.05, 0.1) is 0 Å². The van der Waals surface area contributed by atoms with Crippen molar-refractivity contribution in [2.75, 3.05) is 18.0 Å². The molecule has 2 N–H and O–H groups in total. The number of nitrogens with one attached hydrogen (secondary N) is 2. The summed E-state index contributed by atoms with van der Waals surface area (Å²) in [5, 5.41) is 3.04. The molecule has 0 aromatic carbocycles. The Kier molecular flexibility index (Phi) is 4.26. The zero-order chi connectivity index (χ0) is 17.2. The molecule has 3 heterocycles. The van der Waals surface area contributed by atoms with E-state index in [1.54, 1.807) is 12.3 Å². The molecule has 2 aliphatic rings. The molecule has 25 heavy (non-hydrogen) atoms. The predicted molar refractivity (Wildman–Crippen MR) is 96.0 cm³/mol. The monoisotopic (exact) mass is 338 g/mol. The van der Waals surface area contributed by atoms with E-state index < -0.39 is 0 Å². The van der Waals surface area contributed by atoms with Gasteiger partial charge < -0.3 is 15.2 Å². The quantitative estimate of drug-likeness (QED) is 0.892. The van der Waals surface area contributed by atoms with E-state index in [0.29, 0.717) is 6.54 Å². The molecule has 6 heteroatoms. The molecule has 1 aliphatic heterocycles. The molecular formula is C19H22N4O2. The Morgan fingerprint density at radius 1 is 1.28 bits per heavy atom. The highest BCUT2D eigenvalue weighted by Gasteiger charge is 2.24. The fraction of sp³-hybridized carbons (Fsp3) is 0.421. The summed E-state index contributed by atoms with van der Waals surface area (Å²) >= 11 is 0. The van der Waals surface area contributed by atoms with Gasteiger partial charge in [0, 0.05) is 31.0 Å². The fourth-order valence-corrected chi connectivity index (χ4v) is 3.79. The van der Waals surface area contributed by atoms with Gasteiger partial charge in [0.1, 0.15) is 11.4 Å². The number of fused-ring (bicyclic) bond motifs is 1. The van der Waals surface area contributed by atoms with Crippen molar-refractivity contribution in [1.29, 1.82) is 0 Å². The Hall–Kier alpha value is -2.63. The molecule has 1 amide bonds. The Bertz CT molecular complexity index is 831. The number of nitrogens with zero attached hydrogens (tertiary/aromatic N) is 2. The average Bonchev–Trinajstić information content (AvgIpc) is 3.09. The minimum atomic E-state index is -0.282. The number of aromatic amines is 1. The van der Waals surface area contributed by atoms with Gasteiger partial charge in [0.25, 0.3) is 11.5 Å². The molecule has 1 saturated heterocycles. The van der Waals surface area contributed by atoms with Crippen molar-refractivity contribution in [1.82, 2.24) is 15.3 Å².